The maximum atomic E-state index is 5.66. The first-order valence-electron chi connectivity index (χ1n) is 13.0. The van der Waals surface area contributed by atoms with Crippen LogP contribution >= 0.6 is 0 Å². The van der Waals surface area contributed by atoms with Crippen LogP contribution in [-0.2, 0) is 4.74 Å². The normalized spacial score (nSPS) is 32.0. The molecule has 0 amide bonds. The van der Waals surface area contributed by atoms with Gasteiger partial charge in [0, 0.05) is 13.2 Å². The lowest BCUT2D eigenvalue weighted by molar-refractivity contribution is 0.0302. The predicted molar refractivity (Wildman–Crippen MR) is 127 cm³/mol. The molecule has 2 aliphatic rings. The molecule has 1 saturated heterocycles. The number of ether oxygens (including phenoxy) is 1. The van der Waals surface area contributed by atoms with Gasteiger partial charge >= 0.3 is 0 Å². The molecule has 2 atom stereocenters. The van der Waals surface area contributed by atoms with Crippen molar-refractivity contribution in [1.29, 1.82) is 0 Å². The minimum absolute atomic E-state index is 0. The molecular weight excluding hydrogens is 358 g/mol. The summed E-state index contributed by atoms with van der Waals surface area (Å²) in [5.41, 5.74) is 0. The Balaban J connectivity index is 0.00000420. The number of nitrogens with zero attached hydrogens (tertiary/aromatic N) is 1. The lowest BCUT2D eigenvalue weighted by atomic mass is 9.79. The molecule has 2 fully saturated rings. The van der Waals surface area contributed by atoms with Crippen molar-refractivity contribution in [1.82, 2.24) is 4.90 Å². The molecule has 0 aromatic heterocycles. The fourth-order valence-electron chi connectivity index (χ4n) is 6.07. The van der Waals surface area contributed by atoms with E-state index >= 15 is 0 Å². The van der Waals surface area contributed by atoms with Crippen LogP contribution in [0.1, 0.15) is 123 Å². The first-order valence-corrected chi connectivity index (χ1v) is 13.0. The van der Waals surface area contributed by atoms with Gasteiger partial charge in [0.05, 0.1) is 6.10 Å². The molecule has 0 spiro atoms. The lowest BCUT2D eigenvalue weighted by Gasteiger charge is -2.40. The van der Waals surface area contributed by atoms with Crippen LogP contribution in [0.25, 0.3) is 0 Å². The van der Waals surface area contributed by atoms with Gasteiger partial charge in [0.25, 0.3) is 0 Å². The van der Waals surface area contributed by atoms with Gasteiger partial charge in [-0.2, -0.15) is 0 Å². The summed E-state index contributed by atoms with van der Waals surface area (Å²) in [5.74, 6) is 1.90. The first kappa shape index (κ1) is 26.9. The zero-order valence-electron chi connectivity index (χ0n) is 20.1. The van der Waals surface area contributed by atoms with Gasteiger partial charge in [0.1, 0.15) is 0 Å². The van der Waals surface area contributed by atoms with E-state index in [1.165, 1.54) is 122 Å². The van der Waals surface area contributed by atoms with E-state index in [0.29, 0.717) is 6.10 Å². The van der Waals surface area contributed by atoms with Crippen LogP contribution < -0.4 is 0 Å². The minimum atomic E-state index is 0. The van der Waals surface area contributed by atoms with E-state index in [9.17, 15) is 0 Å². The fraction of sp³-hybridized carbons (Fsp3) is 1.00. The summed E-state index contributed by atoms with van der Waals surface area (Å²) in [6.45, 7) is 7.37. The summed E-state index contributed by atoms with van der Waals surface area (Å²) < 4.78 is 5.66. The molecular formula is C26H53NO2. The average Bonchev–Trinajstić information content (AvgIpc) is 2.73. The monoisotopic (exact) mass is 411 g/mol. The topological polar surface area (TPSA) is 44.0 Å². The second kappa shape index (κ2) is 16.6. The van der Waals surface area contributed by atoms with Crippen LogP contribution in [-0.4, -0.2) is 42.7 Å². The highest BCUT2D eigenvalue weighted by atomic mass is 16.5. The van der Waals surface area contributed by atoms with E-state index in [-0.39, 0.29) is 5.48 Å². The van der Waals surface area contributed by atoms with Gasteiger partial charge in [-0.3, -0.25) is 0 Å². The van der Waals surface area contributed by atoms with Gasteiger partial charge in [-0.1, -0.05) is 84.5 Å². The van der Waals surface area contributed by atoms with Crippen molar-refractivity contribution in [2.24, 2.45) is 11.8 Å². The summed E-state index contributed by atoms with van der Waals surface area (Å²) >= 11 is 0. The van der Waals surface area contributed by atoms with Gasteiger partial charge in [0.2, 0.25) is 0 Å². The molecule has 1 heterocycles. The maximum Gasteiger partial charge on any atom is 0.0571 e. The lowest BCUT2D eigenvalue weighted by Crippen LogP contribution is -2.43. The minimum Gasteiger partial charge on any atom is -0.412 e. The third-order valence-electron chi connectivity index (χ3n) is 7.84. The standard InChI is InChI=1S/C26H51NO.H2O/c1-4-14-23-15-11-9-7-6-8-10-12-22-27(5-2)26(17-13-16-23)24-18-20-25(28-3)21-19-24;/h23-26H,4-22H2,1-3H3;1H2. The molecule has 0 bridgehead atoms. The summed E-state index contributed by atoms with van der Waals surface area (Å²) in [7, 11) is 1.90. The zero-order valence-corrected chi connectivity index (χ0v) is 20.1. The third-order valence-corrected chi connectivity index (χ3v) is 7.84. The van der Waals surface area contributed by atoms with Gasteiger partial charge in [-0.25, -0.2) is 0 Å². The predicted octanol–water partition coefficient (Wildman–Crippen LogP) is 6.78. The molecule has 1 aliphatic heterocycles. The molecule has 1 saturated carbocycles. The highest BCUT2D eigenvalue weighted by Gasteiger charge is 2.30. The number of rotatable bonds is 5. The van der Waals surface area contributed by atoms with E-state index in [2.05, 4.69) is 18.7 Å². The molecule has 2 rings (SSSR count). The number of hydrogen-bond donors (Lipinski definition) is 0. The smallest absolute Gasteiger partial charge is 0.0571 e. The highest BCUT2D eigenvalue weighted by Crippen LogP contribution is 2.34. The highest BCUT2D eigenvalue weighted by molar-refractivity contribution is 4.84. The first-order chi connectivity index (χ1) is 13.8. The SMILES string of the molecule is CCCC1CCCCCCCCCN(CC)C(C2CCC(OC)CC2)CCC1.O. The summed E-state index contributed by atoms with van der Waals surface area (Å²) in [6, 6.07) is 0.829. The number of hydrogen-bond acceptors (Lipinski definition) is 2. The maximum absolute atomic E-state index is 5.66. The Labute approximate surface area is 182 Å². The molecule has 174 valence electrons. The van der Waals surface area contributed by atoms with Crippen molar-refractivity contribution in [3.8, 4) is 0 Å². The Bertz CT molecular complexity index is 368. The Kier molecular flexibility index (Phi) is 15.4. The van der Waals surface area contributed by atoms with Gasteiger partial charge < -0.3 is 15.1 Å². The molecule has 3 heteroatoms. The summed E-state index contributed by atoms with van der Waals surface area (Å²) in [4.78, 5) is 2.88. The molecule has 29 heavy (non-hydrogen) atoms. The van der Waals surface area contributed by atoms with Crippen molar-refractivity contribution in [3.05, 3.63) is 0 Å². The molecule has 0 aromatic rings. The van der Waals surface area contributed by atoms with Gasteiger partial charge in [0.15, 0.2) is 0 Å². The van der Waals surface area contributed by atoms with Crippen molar-refractivity contribution in [2.75, 3.05) is 20.2 Å². The Morgan fingerprint density at radius 2 is 1.34 bits per heavy atom. The molecule has 3 nitrogen and oxygen atoms in total. The Morgan fingerprint density at radius 3 is 1.97 bits per heavy atom. The summed E-state index contributed by atoms with van der Waals surface area (Å²) in [5, 5.41) is 0. The van der Waals surface area contributed by atoms with Crippen molar-refractivity contribution >= 4 is 0 Å². The summed E-state index contributed by atoms with van der Waals surface area (Å²) in [6.07, 6.45) is 24.8. The van der Waals surface area contributed by atoms with Crippen LogP contribution in [0.3, 0.4) is 0 Å². The largest absolute Gasteiger partial charge is 0.412 e. The van der Waals surface area contributed by atoms with Crippen LogP contribution in [0.5, 0.6) is 0 Å². The van der Waals surface area contributed by atoms with Crippen LogP contribution in [0.2, 0.25) is 0 Å². The van der Waals surface area contributed by atoms with Crippen LogP contribution in [0.4, 0.5) is 0 Å². The average molecular weight is 412 g/mol. The zero-order chi connectivity index (χ0) is 20.0. The van der Waals surface area contributed by atoms with E-state index in [1.54, 1.807) is 0 Å². The van der Waals surface area contributed by atoms with E-state index in [1.807, 2.05) is 7.11 Å². The third kappa shape index (κ3) is 10.2. The van der Waals surface area contributed by atoms with Crippen molar-refractivity contribution in [3.63, 3.8) is 0 Å². The molecule has 0 aromatic carbocycles. The van der Waals surface area contributed by atoms with E-state index < -0.39 is 0 Å². The molecule has 0 radical (unpaired) electrons. The van der Waals surface area contributed by atoms with Gasteiger partial charge in [-0.05, 0) is 63.5 Å². The van der Waals surface area contributed by atoms with Crippen LogP contribution in [0.15, 0.2) is 0 Å². The molecule has 2 N–H and O–H groups in total. The van der Waals surface area contributed by atoms with E-state index in [0.717, 1.165) is 17.9 Å². The molecule has 1 aliphatic carbocycles. The van der Waals surface area contributed by atoms with Crippen LogP contribution in [0, 0.1) is 11.8 Å². The fourth-order valence-corrected chi connectivity index (χ4v) is 6.07. The number of methoxy groups -OCH3 is 1. The second-order valence-corrected chi connectivity index (χ2v) is 9.82. The second-order valence-electron chi connectivity index (χ2n) is 9.82. The Hall–Kier alpha value is -0.120. The van der Waals surface area contributed by atoms with Crippen molar-refractivity contribution < 1.29 is 10.2 Å². The van der Waals surface area contributed by atoms with Crippen molar-refractivity contribution in [2.45, 2.75) is 135 Å². The van der Waals surface area contributed by atoms with Gasteiger partial charge in [-0.15, -0.1) is 0 Å². The molecule has 2 unspecified atom stereocenters. The van der Waals surface area contributed by atoms with E-state index in [4.69, 9.17) is 4.74 Å². The Morgan fingerprint density at radius 1 is 0.724 bits per heavy atom. The quantitative estimate of drug-likeness (QED) is 0.500.